The van der Waals surface area contributed by atoms with E-state index < -0.39 is 21.4 Å². The molecule has 0 unspecified atom stereocenters. The molecule has 0 spiro atoms. The number of hydrogen-bond acceptors (Lipinski definition) is 6. The van der Waals surface area contributed by atoms with Gasteiger partial charge in [0.2, 0.25) is 10.0 Å². The van der Waals surface area contributed by atoms with Crippen molar-refractivity contribution in [1.29, 1.82) is 0 Å². The van der Waals surface area contributed by atoms with E-state index in [0.29, 0.717) is 46.9 Å². The van der Waals surface area contributed by atoms with Gasteiger partial charge in [-0.3, -0.25) is 4.79 Å². The van der Waals surface area contributed by atoms with E-state index in [0.717, 1.165) is 0 Å². The van der Waals surface area contributed by atoms with Crippen molar-refractivity contribution in [1.82, 2.24) is 9.29 Å². The Hall–Kier alpha value is -3.89. The lowest BCUT2D eigenvalue weighted by Gasteiger charge is -2.24. The highest BCUT2D eigenvalue weighted by Crippen LogP contribution is 2.34. The van der Waals surface area contributed by atoms with Gasteiger partial charge in [-0.25, -0.2) is 12.8 Å². The van der Waals surface area contributed by atoms with Crippen molar-refractivity contribution in [2.45, 2.75) is 18.0 Å². The van der Waals surface area contributed by atoms with Gasteiger partial charge < -0.3 is 19.2 Å². The molecule has 1 aliphatic rings. The summed E-state index contributed by atoms with van der Waals surface area (Å²) in [5.41, 5.74) is 1.01. The summed E-state index contributed by atoms with van der Waals surface area (Å²) in [5.74, 6) is 0.970. The zero-order valence-corrected chi connectivity index (χ0v) is 20.2. The number of halogens is 1. The van der Waals surface area contributed by atoms with E-state index >= 15 is 0 Å². The number of hydrogen-bond donors (Lipinski definition) is 1. The number of rotatable bonds is 7. The third kappa shape index (κ3) is 4.77. The quantitative estimate of drug-likeness (QED) is 0.406. The van der Waals surface area contributed by atoms with Gasteiger partial charge in [-0.2, -0.15) is 4.31 Å². The predicted molar refractivity (Wildman–Crippen MR) is 131 cm³/mol. The molecule has 0 saturated carbocycles. The van der Waals surface area contributed by atoms with Crippen LogP contribution in [0.1, 0.15) is 11.1 Å². The van der Waals surface area contributed by atoms with Crippen LogP contribution in [-0.2, 0) is 23.1 Å². The first-order valence-corrected chi connectivity index (χ1v) is 12.6. The fourth-order valence-electron chi connectivity index (χ4n) is 4.02. The summed E-state index contributed by atoms with van der Waals surface area (Å²) in [6.45, 7) is 0.403. The second kappa shape index (κ2) is 9.63. The van der Waals surface area contributed by atoms with E-state index in [1.54, 1.807) is 30.3 Å². The number of H-pyrrole nitrogens is 1. The molecule has 0 radical (unpaired) electrons. The summed E-state index contributed by atoms with van der Waals surface area (Å²) in [6.07, 6.45) is 0. The Morgan fingerprint density at radius 1 is 0.944 bits per heavy atom. The van der Waals surface area contributed by atoms with Crippen molar-refractivity contribution < 1.29 is 27.0 Å². The molecule has 186 valence electrons. The maximum Gasteiger partial charge on any atom is 0.252 e. The highest BCUT2D eigenvalue weighted by molar-refractivity contribution is 7.89. The first kappa shape index (κ1) is 23.8. The summed E-state index contributed by atoms with van der Waals surface area (Å²) in [6, 6.07) is 16.8. The van der Waals surface area contributed by atoms with Crippen LogP contribution in [-0.4, -0.2) is 38.0 Å². The summed E-state index contributed by atoms with van der Waals surface area (Å²) >= 11 is 0. The smallest absolute Gasteiger partial charge is 0.252 e. The zero-order valence-electron chi connectivity index (χ0n) is 19.4. The average molecular weight is 511 g/mol. The zero-order chi connectivity index (χ0) is 25.3. The number of methoxy groups -OCH3 is 1. The standard InChI is InChI=1S/C26H23FN2O6S/c1-33-21-6-8-23-18(13-21)12-19(26(30)28-23)16-29(15-17-2-4-20(27)5-3-17)36(31,32)22-7-9-24-25(14-22)35-11-10-34-24/h2-9,12-14H,10-11,15-16H2,1H3,(H,28,30). The van der Waals surface area contributed by atoms with Crippen molar-refractivity contribution in [3.8, 4) is 17.2 Å². The Balaban J connectivity index is 1.56. The first-order chi connectivity index (χ1) is 17.3. The van der Waals surface area contributed by atoms with Crippen molar-refractivity contribution in [2.75, 3.05) is 20.3 Å². The van der Waals surface area contributed by atoms with Crippen LogP contribution in [0.5, 0.6) is 17.2 Å². The van der Waals surface area contributed by atoms with Gasteiger partial charge in [-0.05, 0) is 54.1 Å². The third-order valence-corrected chi connectivity index (χ3v) is 7.69. The first-order valence-electron chi connectivity index (χ1n) is 11.2. The lowest BCUT2D eigenvalue weighted by molar-refractivity contribution is 0.171. The molecule has 0 fully saturated rings. The van der Waals surface area contributed by atoms with Gasteiger partial charge in [0.15, 0.2) is 11.5 Å². The molecule has 2 heterocycles. The van der Waals surface area contributed by atoms with Gasteiger partial charge >= 0.3 is 0 Å². The van der Waals surface area contributed by atoms with Crippen LogP contribution < -0.4 is 19.8 Å². The third-order valence-electron chi connectivity index (χ3n) is 5.90. The van der Waals surface area contributed by atoms with Crippen LogP contribution >= 0.6 is 0 Å². The fourth-order valence-corrected chi connectivity index (χ4v) is 5.44. The second-order valence-electron chi connectivity index (χ2n) is 8.28. The van der Waals surface area contributed by atoms with Gasteiger partial charge in [-0.15, -0.1) is 0 Å². The maximum absolute atomic E-state index is 13.8. The number of nitrogens with one attached hydrogen (secondary N) is 1. The Morgan fingerprint density at radius 2 is 1.69 bits per heavy atom. The summed E-state index contributed by atoms with van der Waals surface area (Å²) < 4.78 is 58.6. The minimum Gasteiger partial charge on any atom is -0.497 e. The van der Waals surface area contributed by atoms with Gasteiger partial charge in [0, 0.05) is 35.6 Å². The van der Waals surface area contributed by atoms with Gasteiger partial charge in [0.25, 0.3) is 5.56 Å². The van der Waals surface area contributed by atoms with E-state index in [9.17, 15) is 17.6 Å². The molecule has 0 aliphatic carbocycles. The van der Waals surface area contributed by atoms with Crippen molar-refractivity contribution >= 4 is 20.9 Å². The Kier molecular flexibility index (Phi) is 6.38. The van der Waals surface area contributed by atoms with Crippen LogP contribution in [0.3, 0.4) is 0 Å². The number of sulfonamides is 1. The fraction of sp³-hybridized carbons (Fsp3) is 0.192. The summed E-state index contributed by atoms with van der Waals surface area (Å²) in [7, 11) is -2.56. The molecule has 1 N–H and O–H groups in total. The van der Waals surface area contributed by atoms with Crippen molar-refractivity contribution in [3.63, 3.8) is 0 Å². The van der Waals surface area contributed by atoms with Crippen molar-refractivity contribution in [2.24, 2.45) is 0 Å². The number of ether oxygens (including phenoxy) is 3. The average Bonchev–Trinajstić information content (AvgIpc) is 2.89. The van der Waals surface area contributed by atoms with E-state index in [1.807, 2.05) is 0 Å². The van der Waals surface area contributed by atoms with Crippen LogP contribution in [0.4, 0.5) is 4.39 Å². The normalized spacial score (nSPS) is 13.2. The van der Waals surface area contributed by atoms with Crippen LogP contribution in [0.15, 0.2) is 76.4 Å². The lowest BCUT2D eigenvalue weighted by Crippen LogP contribution is -2.32. The molecule has 1 aromatic heterocycles. The molecule has 0 saturated heterocycles. The minimum absolute atomic E-state index is 0.00671. The minimum atomic E-state index is -4.10. The van der Waals surface area contributed by atoms with Crippen LogP contribution in [0.2, 0.25) is 0 Å². The molecule has 10 heteroatoms. The molecule has 0 atom stereocenters. The van der Waals surface area contributed by atoms with E-state index in [2.05, 4.69) is 4.98 Å². The molecule has 36 heavy (non-hydrogen) atoms. The van der Waals surface area contributed by atoms with E-state index in [4.69, 9.17) is 14.2 Å². The Morgan fingerprint density at radius 3 is 2.44 bits per heavy atom. The van der Waals surface area contributed by atoms with Gasteiger partial charge in [0.05, 0.1) is 12.0 Å². The highest BCUT2D eigenvalue weighted by atomic mass is 32.2. The van der Waals surface area contributed by atoms with Gasteiger partial charge in [0.1, 0.15) is 24.8 Å². The number of benzene rings is 3. The Labute approximate surface area is 206 Å². The van der Waals surface area contributed by atoms with E-state index in [-0.39, 0.29) is 23.5 Å². The number of aromatic nitrogens is 1. The molecule has 3 aromatic carbocycles. The number of fused-ring (bicyclic) bond motifs is 2. The highest BCUT2D eigenvalue weighted by Gasteiger charge is 2.28. The molecule has 0 bridgehead atoms. The molecule has 5 rings (SSSR count). The topological polar surface area (TPSA) is 97.9 Å². The summed E-state index contributed by atoms with van der Waals surface area (Å²) in [4.78, 5) is 15.7. The van der Waals surface area contributed by atoms with E-state index in [1.165, 1.54) is 47.8 Å². The summed E-state index contributed by atoms with van der Waals surface area (Å²) in [5, 5.41) is 0.697. The monoisotopic (exact) mass is 510 g/mol. The molecule has 0 amide bonds. The predicted octanol–water partition coefficient (Wildman–Crippen LogP) is 3.84. The number of aromatic amines is 1. The molecule has 8 nitrogen and oxygen atoms in total. The molecular formula is C26H23FN2O6S. The van der Waals surface area contributed by atoms with Gasteiger partial charge in [-0.1, -0.05) is 12.1 Å². The Bertz CT molecular complexity index is 1580. The number of nitrogens with zero attached hydrogens (tertiary/aromatic N) is 1. The SMILES string of the molecule is COc1ccc2[nH]c(=O)c(CN(Cc3ccc(F)cc3)S(=O)(=O)c3ccc4c(c3)OCCO4)cc2c1. The molecular weight excluding hydrogens is 487 g/mol. The number of pyridine rings is 1. The van der Waals surface area contributed by atoms with Crippen LogP contribution in [0.25, 0.3) is 10.9 Å². The van der Waals surface area contributed by atoms with Crippen molar-refractivity contribution in [3.05, 3.63) is 94.0 Å². The maximum atomic E-state index is 13.8. The second-order valence-corrected chi connectivity index (χ2v) is 10.2. The van der Waals surface area contributed by atoms with Crippen LogP contribution in [0, 0.1) is 5.82 Å². The molecule has 1 aliphatic heterocycles. The largest absolute Gasteiger partial charge is 0.497 e. The lowest BCUT2D eigenvalue weighted by atomic mass is 10.1. The molecule has 4 aromatic rings.